The Kier molecular flexibility index (Phi) is 4.32. The van der Waals surface area contributed by atoms with E-state index in [9.17, 15) is 4.39 Å². The lowest BCUT2D eigenvalue weighted by molar-refractivity contribution is 0.243. The lowest BCUT2D eigenvalue weighted by Gasteiger charge is -2.14. The number of nitrogen functional groups attached to an aromatic ring is 1. The zero-order chi connectivity index (χ0) is 13.8. The van der Waals surface area contributed by atoms with Crippen LogP contribution in [0.1, 0.15) is 13.8 Å². The Morgan fingerprint density at radius 3 is 2.58 bits per heavy atom. The Morgan fingerprint density at radius 2 is 1.89 bits per heavy atom. The minimum atomic E-state index is -0.252. The first-order chi connectivity index (χ1) is 9.06. The van der Waals surface area contributed by atoms with Gasteiger partial charge < -0.3 is 10.5 Å². The normalized spacial score (nSPS) is 10.7. The first-order valence-corrected chi connectivity index (χ1v) is 6.86. The van der Waals surface area contributed by atoms with Crippen molar-refractivity contribution in [3.63, 3.8) is 0 Å². The molecule has 0 amide bonds. The fourth-order valence-corrected chi connectivity index (χ4v) is 2.56. The van der Waals surface area contributed by atoms with Crippen LogP contribution in [0.2, 0.25) is 0 Å². The molecule has 0 atom stereocenters. The summed E-state index contributed by atoms with van der Waals surface area (Å²) in [5, 5.41) is 0. The van der Waals surface area contributed by atoms with Gasteiger partial charge in [0.05, 0.1) is 11.8 Å². The highest BCUT2D eigenvalue weighted by atomic mass is 32.2. The highest BCUT2D eigenvalue weighted by molar-refractivity contribution is 7.99. The highest BCUT2D eigenvalue weighted by Crippen LogP contribution is 2.37. The number of hydrogen-bond donors (Lipinski definition) is 1. The number of anilines is 1. The third-order valence-electron chi connectivity index (χ3n) is 2.41. The van der Waals surface area contributed by atoms with E-state index in [0.717, 1.165) is 9.79 Å². The van der Waals surface area contributed by atoms with Crippen molar-refractivity contribution in [3.8, 4) is 5.75 Å². The summed E-state index contributed by atoms with van der Waals surface area (Å²) in [6.07, 6.45) is 0.0664. The number of rotatable bonds is 4. The zero-order valence-electron chi connectivity index (χ0n) is 10.9. The molecule has 0 saturated carbocycles. The summed E-state index contributed by atoms with van der Waals surface area (Å²) in [6, 6.07) is 12.1. The standard InChI is InChI=1S/C15H16FNOS/c1-10(2)18-13-7-4-8-14(15(13)17)19-12-6-3-5-11(16)9-12/h3-10H,17H2,1-2H3. The molecule has 0 fully saturated rings. The summed E-state index contributed by atoms with van der Waals surface area (Å²) in [7, 11) is 0. The van der Waals surface area contributed by atoms with Gasteiger partial charge in [-0.25, -0.2) is 4.39 Å². The number of nitrogens with two attached hydrogens (primary N) is 1. The molecule has 0 heterocycles. The molecule has 2 nitrogen and oxygen atoms in total. The Balaban J connectivity index is 2.25. The van der Waals surface area contributed by atoms with E-state index in [1.165, 1.54) is 23.9 Å². The summed E-state index contributed by atoms with van der Waals surface area (Å²) in [5.74, 6) is 0.412. The van der Waals surface area contributed by atoms with Gasteiger partial charge in [-0.2, -0.15) is 0 Å². The molecule has 2 N–H and O–H groups in total. The third kappa shape index (κ3) is 3.64. The molecule has 0 bridgehead atoms. The van der Waals surface area contributed by atoms with Crippen LogP contribution in [-0.4, -0.2) is 6.10 Å². The van der Waals surface area contributed by atoms with Gasteiger partial charge in [-0.15, -0.1) is 0 Å². The lowest BCUT2D eigenvalue weighted by Crippen LogP contribution is -2.07. The van der Waals surface area contributed by atoms with E-state index in [2.05, 4.69) is 0 Å². The van der Waals surface area contributed by atoms with Gasteiger partial charge in [0.2, 0.25) is 0 Å². The van der Waals surface area contributed by atoms with Gasteiger partial charge >= 0.3 is 0 Å². The topological polar surface area (TPSA) is 35.2 Å². The summed E-state index contributed by atoms with van der Waals surface area (Å²) in [4.78, 5) is 1.68. The molecule has 0 radical (unpaired) electrons. The first-order valence-electron chi connectivity index (χ1n) is 6.05. The van der Waals surface area contributed by atoms with E-state index in [4.69, 9.17) is 10.5 Å². The Morgan fingerprint density at radius 1 is 1.16 bits per heavy atom. The van der Waals surface area contributed by atoms with Crippen LogP contribution in [-0.2, 0) is 0 Å². The maximum Gasteiger partial charge on any atom is 0.143 e. The van der Waals surface area contributed by atoms with Crippen LogP contribution in [0.3, 0.4) is 0 Å². The fourth-order valence-electron chi connectivity index (χ4n) is 1.63. The fraction of sp³-hybridized carbons (Fsp3) is 0.200. The second-order valence-corrected chi connectivity index (χ2v) is 5.51. The van der Waals surface area contributed by atoms with E-state index in [1.807, 2.05) is 38.1 Å². The molecule has 2 aromatic carbocycles. The van der Waals surface area contributed by atoms with Crippen molar-refractivity contribution in [3.05, 3.63) is 48.3 Å². The van der Waals surface area contributed by atoms with Crippen LogP contribution in [0.5, 0.6) is 5.75 Å². The number of para-hydroxylation sites is 1. The van der Waals surface area contributed by atoms with E-state index in [-0.39, 0.29) is 11.9 Å². The van der Waals surface area contributed by atoms with Gasteiger partial charge in [0.25, 0.3) is 0 Å². The van der Waals surface area contributed by atoms with Crippen LogP contribution in [0, 0.1) is 5.82 Å². The molecule has 0 aliphatic rings. The molecule has 2 rings (SSSR count). The molecule has 0 saturated heterocycles. The van der Waals surface area contributed by atoms with Crippen molar-refractivity contribution in [2.75, 3.05) is 5.73 Å². The van der Waals surface area contributed by atoms with Crippen LogP contribution in [0.25, 0.3) is 0 Å². The van der Waals surface area contributed by atoms with E-state index >= 15 is 0 Å². The smallest absolute Gasteiger partial charge is 0.143 e. The van der Waals surface area contributed by atoms with E-state index < -0.39 is 0 Å². The van der Waals surface area contributed by atoms with Crippen LogP contribution in [0.15, 0.2) is 52.3 Å². The minimum absolute atomic E-state index is 0.0664. The van der Waals surface area contributed by atoms with Crippen LogP contribution in [0.4, 0.5) is 10.1 Å². The molecule has 0 aliphatic heterocycles. The molecule has 0 aromatic heterocycles. The third-order valence-corrected chi connectivity index (χ3v) is 3.48. The predicted molar refractivity (Wildman–Crippen MR) is 77.1 cm³/mol. The molecule has 4 heteroatoms. The van der Waals surface area contributed by atoms with Gasteiger partial charge in [-0.3, -0.25) is 0 Å². The van der Waals surface area contributed by atoms with Crippen molar-refractivity contribution in [2.45, 2.75) is 29.7 Å². The largest absolute Gasteiger partial charge is 0.489 e. The first kappa shape index (κ1) is 13.7. The predicted octanol–water partition coefficient (Wildman–Crippen LogP) is 4.35. The molecular formula is C15H16FNOS. The van der Waals surface area contributed by atoms with Gasteiger partial charge in [0.1, 0.15) is 11.6 Å². The van der Waals surface area contributed by atoms with Gasteiger partial charge in [0, 0.05) is 9.79 Å². The molecule has 0 unspecified atom stereocenters. The maximum atomic E-state index is 13.2. The quantitative estimate of drug-likeness (QED) is 0.844. The Hall–Kier alpha value is -1.68. The van der Waals surface area contributed by atoms with Gasteiger partial charge in [-0.05, 0) is 44.2 Å². The number of halogens is 1. The molecule has 0 aliphatic carbocycles. The minimum Gasteiger partial charge on any atom is -0.489 e. The molecule has 100 valence electrons. The summed E-state index contributed by atoms with van der Waals surface area (Å²) < 4.78 is 18.8. The number of ether oxygens (including phenoxy) is 1. The monoisotopic (exact) mass is 277 g/mol. The average molecular weight is 277 g/mol. The van der Waals surface area contributed by atoms with Crippen molar-refractivity contribution in [1.29, 1.82) is 0 Å². The molecular weight excluding hydrogens is 261 g/mol. The van der Waals surface area contributed by atoms with E-state index in [0.29, 0.717) is 11.4 Å². The molecule has 19 heavy (non-hydrogen) atoms. The summed E-state index contributed by atoms with van der Waals surface area (Å²) >= 11 is 1.42. The number of benzene rings is 2. The Bertz CT molecular complexity index is 572. The maximum absolute atomic E-state index is 13.2. The molecule has 0 spiro atoms. The SMILES string of the molecule is CC(C)Oc1cccc(Sc2cccc(F)c2)c1N. The second-order valence-electron chi connectivity index (χ2n) is 4.39. The highest BCUT2D eigenvalue weighted by Gasteiger charge is 2.09. The van der Waals surface area contributed by atoms with Gasteiger partial charge in [0.15, 0.2) is 0 Å². The van der Waals surface area contributed by atoms with Crippen molar-refractivity contribution in [1.82, 2.24) is 0 Å². The molecule has 2 aromatic rings. The van der Waals surface area contributed by atoms with Crippen LogP contribution < -0.4 is 10.5 Å². The number of hydrogen-bond acceptors (Lipinski definition) is 3. The van der Waals surface area contributed by atoms with E-state index in [1.54, 1.807) is 6.07 Å². The van der Waals surface area contributed by atoms with Crippen LogP contribution >= 0.6 is 11.8 Å². The lowest BCUT2D eigenvalue weighted by atomic mass is 10.3. The van der Waals surface area contributed by atoms with Gasteiger partial charge in [-0.1, -0.05) is 23.9 Å². The summed E-state index contributed by atoms with van der Waals surface area (Å²) in [5.41, 5.74) is 6.67. The zero-order valence-corrected chi connectivity index (χ0v) is 11.7. The second kappa shape index (κ2) is 5.97. The Labute approximate surface area is 116 Å². The van der Waals surface area contributed by atoms with Crippen molar-refractivity contribution in [2.24, 2.45) is 0 Å². The van der Waals surface area contributed by atoms with Crippen molar-refractivity contribution >= 4 is 17.4 Å². The summed E-state index contributed by atoms with van der Waals surface area (Å²) in [6.45, 7) is 3.90. The van der Waals surface area contributed by atoms with Crippen molar-refractivity contribution < 1.29 is 9.13 Å². The average Bonchev–Trinajstić information content (AvgIpc) is 2.34.